The van der Waals surface area contributed by atoms with Gasteiger partial charge >= 0.3 is 0 Å². The zero-order valence-corrected chi connectivity index (χ0v) is 7.71. The van der Waals surface area contributed by atoms with Gasteiger partial charge in [0, 0.05) is 6.20 Å². The summed E-state index contributed by atoms with van der Waals surface area (Å²) in [5.74, 6) is 0.893. The van der Waals surface area contributed by atoms with Crippen LogP contribution in [-0.4, -0.2) is 4.75 Å². The maximum absolute atomic E-state index is 4.25. The molecule has 0 N–H and O–H groups in total. The third kappa shape index (κ3) is 1.65. The number of aromatic nitrogens is 1. The molecule has 60 valence electrons. The maximum atomic E-state index is 4.25. The van der Waals surface area contributed by atoms with E-state index in [1.165, 1.54) is 32.1 Å². The number of hydrogen-bond acceptors (Lipinski definition) is 1. The van der Waals surface area contributed by atoms with E-state index < -0.39 is 0 Å². The minimum atomic E-state index is 0.761. The molecule has 1 saturated carbocycles. The molecule has 0 saturated heterocycles. The van der Waals surface area contributed by atoms with Crippen molar-refractivity contribution < 1.29 is 0 Å². The van der Waals surface area contributed by atoms with Gasteiger partial charge in [-0.3, -0.25) is 0 Å². The zero-order valence-electron chi connectivity index (χ0n) is 6.71. The van der Waals surface area contributed by atoms with Gasteiger partial charge in [-0.05, 0) is 38.5 Å². The lowest BCUT2D eigenvalue weighted by Gasteiger charge is -2.19. The molecule has 0 aliphatic heterocycles. The number of hydrogen-bond donors (Lipinski definition) is 0. The van der Waals surface area contributed by atoms with Crippen LogP contribution in [0, 0.1) is 0 Å². The van der Waals surface area contributed by atoms with Crippen molar-refractivity contribution in [1.82, 2.24) is 4.75 Å². The van der Waals surface area contributed by atoms with Crippen molar-refractivity contribution in [2.24, 2.45) is 0 Å². The van der Waals surface area contributed by atoms with E-state index in [0.717, 1.165) is 14.3 Å². The highest BCUT2D eigenvalue weighted by Gasteiger charge is 2.15. The maximum Gasteiger partial charge on any atom is 0.0312 e. The van der Waals surface area contributed by atoms with E-state index >= 15 is 0 Å². The summed E-state index contributed by atoms with van der Waals surface area (Å²) in [6.07, 6.45) is 9.14. The van der Waals surface area contributed by atoms with Crippen molar-refractivity contribution in [3.05, 3.63) is 17.6 Å². The van der Waals surface area contributed by atoms with Gasteiger partial charge in [0.2, 0.25) is 0 Å². The Labute approximate surface area is 69.4 Å². The molecular weight excluding hydrogens is 153 g/mol. The second-order valence-corrected chi connectivity index (χ2v) is 4.41. The molecule has 2 heteroatoms. The van der Waals surface area contributed by atoms with E-state index in [1.807, 2.05) is 6.20 Å². The summed E-state index contributed by atoms with van der Waals surface area (Å²) in [6, 6.07) is 2.23. The summed E-state index contributed by atoms with van der Waals surface area (Å²) in [5.41, 5.74) is 0. The molecule has 1 heterocycles. The molecule has 1 unspecified atom stereocenters. The Morgan fingerprint density at radius 3 is 2.73 bits per heavy atom. The Bertz CT molecular complexity index is 199. The molecule has 1 nitrogen and oxygen atoms in total. The molecule has 0 amide bonds. The normalized spacial score (nSPS) is 21.1. The van der Waals surface area contributed by atoms with Gasteiger partial charge in [-0.1, -0.05) is 19.3 Å². The van der Waals surface area contributed by atoms with Gasteiger partial charge in [0.15, 0.2) is 0 Å². The van der Waals surface area contributed by atoms with E-state index in [-0.39, 0.29) is 0 Å². The first-order valence-electron chi connectivity index (χ1n) is 4.46. The van der Waals surface area contributed by atoms with Crippen LogP contribution in [0.3, 0.4) is 0 Å². The van der Waals surface area contributed by atoms with E-state index in [2.05, 4.69) is 10.8 Å². The van der Waals surface area contributed by atoms with Crippen LogP contribution >= 0.6 is 8.35 Å². The summed E-state index contributed by atoms with van der Waals surface area (Å²) in [6.45, 7) is 0. The molecule has 1 fully saturated rings. The van der Waals surface area contributed by atoms with Crippen molar-refractivity contribution in [2.45, 2.75) is 38.0 Å². The van der Waals surface area contributed by atoms with E-state index in [4.69, 9.17) is 0 Å². The molecular formula is C9H14NP. The number of nitrogens with zero attached hydrogens (tertiary/aromatic N) is 1. The molecule has 11 heavy (non-hydrogen) atoms. The Balaban J connectivity index is 2.04. The SMILES string of the molecule is c1cc(C2CCCCC2)[pH]n1. The fraction of sp³-hybridized carbons (Fsp3) is 0.667. The molecule has 1 aliphatic carbocycles. The predicted octanol–water partition coefficient (Wildman–Crippen LogP) is 3.16. The monoisotopic (exact) mass is 167 g/mol. The van der Waals surface area contributed by atoms with Crippen LogP contribution in [0.1, 0.15) is 43.3 Å². The van der Waals surface area contributed by atoms with Gasteiger partial charge in [-0.25, -0.2) is 4.75 Å². The van der Waals surface area contributed by atoms with Crippen LogP contribution in [0.25, 0.3) is 0 Å². The van der Waals surface area contributed by atoms with Crippen LogP contribution in [0.15, 0.2) is 12.3 Å². The minimum absolute atomic E-state index is 0.761. The van der Waals surface area contributed by atoms with Crippen LogP contribution in [0.4, 0.5) is 0 Å². The summed E-state index contributed by atoms with van der Waals surface area (Å²) < 4.78 is 4.25. The third-order valence-corrected chi connectivity index (χ3v) is 3.68. The van der Waals surface area contributed by atoms with E-state index in [1.54, 1.807) is 5.30 Å². The van der Waals surface area contributed by atoms with Gasteiger partial charge in [0.05, 0.1) is 0 Å². The van der Waals surface area contributed by atoms with Crippen LogP contribution in [0.5, 0.6) is 0 Å². The van der Waals surface area contributed by atoms with Crippen molar-refractivity contribution in [3.63, 3.8) is 0 Å². The highest BCUT2D eigenvalue weighted by Crippen LogP contribution is 2.35. The lowest BCUT2D eigenvalue weighted by molar-refractivity contribution is 0.448. The van der Waals surface area contributed by atoms with E-state index in [9.17, 15) is 0 Å². The van der Waals surface area contributed by atoms with Gasteiger partial charge in [0.25, 0.3) is 0 Å². The third-order valence-electron chi connectivity index (χ3n) is 2.57. The predicted molar refractivity (Wildman–Crippen MR) is 49.6 cm³/mol. The summed E-state index contributed by atoms with van der Waals surface area (Å²) in [5, 5.41) is 1.62. The van der Waals surface area contributed by atoms with Gasteiger partial charge in [0.1, 0.15) is 0 Å². The van der Waals surface area contributed by atoms with Crippen molar-refractivity contribution in [2.75, 3.05) is 0 Å². The molecule has 1 aromatic heterocycles. The summed E-state index contributed by atoms with van der Waals surface area (Å²) >= 11 is 0. The fourth-order valence-corrected chi connectivity index (χ4v) is 2.83. The molecule has 1 aromatic rings. The molecule has 0 aromatic carbocycles. The van der Waals surface area contributed by atoms with Crippen LogP contribution in [-0.2, 0) is 0 Å². The lowest BCUT2D eigenvalue weighted by Crippen LogP contribution is -2.01. The smallest absolute Gasteiger partial charge is 0.0312 e. The molecule has 0 spiro atoms. The first kappa shape index (κ1) is 7.36. The van der Waals surface area contributed by atoms with Gasteiger partial charge < -0.3 is 0 Å². The van der Waals surface area contributed by atoms with Gasteiger partial charge in [-0.15, -0.1) is 0 Å². The Morgan fingerprint density at radius 2 is 2.09 bits per heavy atom. The van der Waals surface area contributed by atoms with E-state index in [0.29, 0.717) is 0 Å². The number of rotatable bonds is 1. The zero-order chi connectivity index (χ0) is 7.52. The minimum Gasteiger partial charge on any atom is -0.249 e. The quantitative estimate of drug-likeness (QED) is 0.626. The van der Waals surface area contributed by atoms with Crippen LogP contribution in [0.2, 0.25) is 0 Å². The largest absolute Gasteiger partial charge is 0.249 e. The lowest BCUT2D eigenvalue weighted by atomic mass is 9.88. The van der Waals surface area contributed by atoms with Crippen molar-refractivity contribution in [1.29, 1.82) is 0 Å². The first-order chi connectivity index (χ1) is 5.47. The Morgan fingerprint density at radius 1 is 1.27 bits per heavy atom. The first-order valence-corrected chi connectivity index (χ1v) is 5.41. The van der Waals surface area contributed by atoms with Gasteiger partial charge in [-0.2, -0.15) is 0 Å². The summed E-state index contributed by atoms with van der Waals surface area (Å²) in [7, 11) is 0.761. The van der Waals surface area contributed by atoms with Crippen LogP contribution < -0.4 is 0 Å². The Kier molecular flexibility index (Phi) is 2.28. The van der Waals surface area contributed by atoms with Crippen molar-refractivity contribution >= 4 is 8.35 Å². The molecule has 1 atom stereocenters. The highest BCUT2D eigenvalue weighted by atomic mass is 31.0. The molecule has 2 rings (SSSR count). The Hall–Kier alpha value is -0.290. The molecule has 1 aliphatic rings. The van der Waals surface area contributed by atoms with Crippen molar-refractivity contribution in [3.8, 4) is 0 Å². The molecule has 0 bridgehead atoms. The highest BCUT2D eigenvalue weighted by molar-refractivity contribution is 7.26. The summed E-state index contributed by atoms with van der Waals surface area (Å²) in [4.78, 5) is 0. The average Bonchev–Trinajstić information content (AvgIpc) is 2.58. The average molecular weight is 167 g/mol. The standard InChI is InChI=1S/C9H14NP/c1-2-4-8(5-3-1)9-6-7-10-11-9/h6-8,11H,1-5H2. The molecule has 0 radical (unpaired) electrons. The second kappa shape index (κ2) is 3.40. The second-order valence-electron chi connectivity index (χ2n) is 3.35. The topological polar surface area (TPSA) is 12.9 Å². The fourth-order valence-electron chi connectivity index (χ4n) is 1.91.